The van der Waals surface area contributed by atoms with Gasteiger partial charge in [0.2, 0.25) is 5.82 Å². The van der Waals surface area contributed by atoms with E-state index >= 15 is 0 Å². The van der Waals surface area contributed by atoms with Crippen molar-refractivity contribution in [2.24, 2.45) is 0 Å². The van der Waals surface area contributed by atoms with Crippen molar-refractivity contribution in [3.63, 3.8) is 0 Å². The van der Waals surface area contributed by atoms with E-state index in [-0.39, 0.29) is 6.54 Å². The number of methoxy groups -OCH3 is 1. The summed E-state index contributed by atoms with van der Waals surface area (Å²) in [7, 11) is 3.45. The van der Waals surface area contributed by atoms with Crippen LogP contribution in [0.4, 0.5) is 0 Å². The van der Waals surface area contributed by atoms with Crippen molar-refractivity contribution in [2.75, 3.05) is 20.7 Å². The number of hydrogen-bond acceptors (Lipinski definition) is 7. The summed E-state index contributed by atoms with van der Waals surface area (Å²) in [6.45, 7) is 0.973. The van der Waals surface area contributed by atoms with Crippen LogP contribution >= 0.6 is 0 Å². The second kappa shape index (κ2) is 10.1. The van der Waals surface area contributed by atoms with E-state index in [0.29, 0.717) is 30.9 Å². The molecular weight excluding hydrogens is 410 g/mol. The predicted octanol–water partition coefficient (Wildman–Crippen LogP) is 3.77. The van der Waals surface area contributed by atoms with Crippen LogP contribution in [0, 0.1) is 0 Å². The molecule has 32 heavy (non-hydrogen) atoms. The van der Waals surface area contributed by atoms with Crippen LogP contribution in [0.25, 0.3) is 22.8 Å². The number of rotatable bonds is 9. The summed E-state index contributed by atoms with van der Waals surface area (Å²) in [6.07, 6.45) is 7.77. The highest BCUT2D eigenvalue weighted by molar-refractivity contribution is 5.69. The summed E-state index contributed by atoms with van der Waals surface area (Å²) in [5.41, 5.74) is 3.62. The smallest absolute Gasteiger partial charge is 0.317 e. The standard InChI is InChI=1S/C23H29N5O4/c1-27(14-21(29)30)13-16-8-10-17(11-9-16)22-25-23(32-26-22)19-12-24-28(20(19)15-31-2)18-6-4-3-5-7-18/h8-12,18H,3-7,13-15H2,1-2H3,(H,29,30). The molecule has 1 aliphatic carbocycles. The first-order valence-corrected chi connectivity index (χ1v) is 10.9. The molecular formula is C23H29N5O4. The molecule has 0 spiro atoms. The highest BCUT2D eigenvalue weighted by Crippen LogP contribution is 2.33. The SMILES string of the molecule is COCc1c(-c2nc(-c3ccc(CN(C)CC(=O)O)cc3)no2)cnn1C1CCCCC1. The lowest BCUT2D eigenvalue weighted by molar-refractivity contribution is -0.138. The van der Waals surface area contributed by atoms with Gasteiger partial charge in [-0.3, -0.25) is 14.4 Å². The second-order valence-corrected chi connectivity index (χ2v) is 8.36. The van der Waals surface area contributed by atoms with Gasteiger partial charge in [-0.05, 0) is 25.5 Å². The van der Waals surface area contributed by atoms with E-state index in [1.807, 2.05) is 24.3 Å². The van der Waals surface area contributed by atoms with E-state index in [0.717, 1.165) is 35.2 Å². The highest BCUT2D eigenvalue weighted by Gasteiger charge is 2.24. The highest BCUT2D eigenvalue weighted by atomic mass is 16.5. The molecule has 1 aromatic carbocycles. The molecule has 1 N–H and O–H groups in total. The van der Waals surface area contributed by atoms with Gasteiger partial charge < -0.3 is 14.4 Å². The van der Waals surface area contributed by atoms with Gasteiger partial charge in [-0.2, -0.15) is 10.1 Å². The third-order valence-electron chi connectivity index (χ3n) is 5.83. The van der Waals surface area contributed by atoms with Gasteiger partial charge >= 0.3 is 5.97 Å². The zero-order chi connectivity index (χ0) is 22.5. The van der Waals surface area contributed by atoms with Crippen LogP contribution in [-0.4, -0.2) is 56.6 Å². The molecule has 0 amide bonds. The first-order chi connectivity index (χ1) is 15.5. The molecule has 2 heterocycles. The topological polar surface area (TPSA) is 107 Å². The Bertz CT molecular complexity index is 1040. The molecule has 170 valence electrons. The fourth-order valence-electron chi connectivity index (χ4n) is 4.29. The number of aliphatic carboxylic acids is 1. The summed E-state index contributed by atoms with van der Waals surface area (Å²) >= 11 is 0. The number of hydrogen-bond donors (Lipinski definition) is 1. The number of benzene rings is 1. The second-order valence-electron chi connectivity index (χ2n) is 8.36. The molecule has 1 fully saturated rings. The number of nitrogens with zero attached hydrogens (tertiary/aromatic N) is 5. The van der Waals surface area contributed by atoms with Crippen LogP contribution in [0.5, 0.6) is 0 Å². The normalized spacial score (nSPS) is 14.8. The Labute approximate surface area is 187 Å². The zero-order valence-electron chi connectivity index (χ0n) is 18.5. The van der Waals surface area contributed by atoms with E-state index in [1.54, 1.807) is 25.3 Å². The molecule has 1 saturated carbocycles. The average molecular weight is 440 g/mol. The van der Waals surface area contributed by atoms with Gasteiger partial charge in [0, 0.05) is 19.2 Å². The minimum Gasteiger partial charge on any atom is -0.480 e. The Morgan fingerprint density at radius 2 is 2.00 bits per heavy atom. The zero-order valence-corrected chi connectivity index (χ0v) is 18.5. The number of aromatic nitrogens is 4. The fourth-order valence-corrected chi connectivity index (χ4v) is 4.29. The summed E-state index contributed by atoms with van der Waals surface area (Å²) in [6, 6.07) is 8.11. The van der Waals surface area contributed by atoms with Crippen molar-refractivity contribution in [2.45, 2.75) is 51.3 Å². The lowest BCUT2D eigenvalue weighted by Gasteiger charge is -2.24. The Hall–Kier alpha value is -3.04. The van der Waals surface area contributed by atoms with Crippen molar-refractivity contribution in [1.82, 2.24) is 24.8 Å². The Balaban J connectivity index is 1.52. The maximum absolute atomic E-state index is 10.8. The molecule has 0 unspecified atom stereocenters. The number of likely N-dealkylation sites (N-methyl/N-ethyl adjacent to an activating group) is 1. The van der Waals surface area contributed by atoms with Crippen LogP contribution in [0.1, 0.15) is 49.4 Å². The van der Waals surface area contributed by atoms with E-state index in [2.05, 4.69) is 19.9 Å². The Morgan fingerprint density at radius 3 is 2.69 bits per heavy atom. The lowest BCUT2D eigenvalue weighted by Crippen LogP contribution is -2.25. The molecule has 0 saturated heterocycles. The number of carbonyl (C=O) groups is 1. The van der Waals surface area contributed by atoms with Crippen molar-refractivity contribution in [3.05, 3.63) is 41.7 Å². The third-order valence-corrected chi connectivity index (χ3v) is 5.83. The van der Waals surface area contributed by atoms with Crippen molar-refractivity contribution in [3.8, 4) is 22.8 Å². The number of ether oxygens (including phenoxy) is 1. The van der Waals surface area contributed by atoms with Gasteiger partial charge in [-0.25, -0.2) is 0 Å². The minimum absolute atomic E-state index is 0.00565. The molecule has 0 aliphatic heterocycles. The summed E-state index contributed by atoms with van der Waals surface area (Å²) in [4.78, 5) is 17.2. The van der Waals surface area contributed by atoms with Crippen LogP contribution in [0.3, 0.4) is 0 Å². The van der Waals surface area contributed by atoms with Gasteiger partial charge in [0.25, 0.3) is 5.89 Å². The molecule has 9 nitrogen and oxygen atoms in total. The van der Waals surface area contributed by atoms with E-state index in [1.165, 1.54) is 19.3 Å². The van der Waals surface area contributed by atoms with Gasteiger partial charge in [0.15, 0.2) is 0 Å². The molecule has 4 rings (SSSR count). The first-order valence-electron chi connectivity index (χ1n) is 10.9. The van der Waals surface area contributed by atoms with Crippen LogP contribution in [-0.2, 0) is 22.7 Å². The number of carboxylic acids is 1. The Morgan fingerprint density at radius 1 is 1.25 bits per heavy atom. The fraction of sp³-hybridized carbons (Fsp3) is 0.478. The average Bonchev–Trinajstić information content (AvgIpc) is 3.42. The molecule has 9 heteroatoms. The quantitative estimate of drug-likeness (QED) is 0.537. The first kappa shape index (κ1) is 22.2. The van der Waals surface area contributed by atoms with Crippen LogP contribution in [0.2, 0.25) is 0 Å². The maximum Gasteiger partial charge on any atom is 0.317 e. The predicted molar refractivity (Wildman–Crippen MR) is 118 cm³/mol. The van der Waals surface area contributed by atoms with E-state index in [9.17, 15) is 4.79 Å². The monoisotopic (exact) mass is 439 g/mol. The van der Waals surface area contributed by atoms with Crippen molar-refractivity contribution >= 4 is 5.97 Å². The van der Waals surface area contributed by atoms with Gasteiger partial charge in [-0.1, -0.05) is 48.7 Å². The minimum atomic E-state index is -0.844. The van der Waals surface area contributed by atoms with E-state index < -0.39 is 5.97 Å². The molecule has 0 bridgehead atoms. The summed E-state index contributed by atoms with van der Waals surface area (Å²) in [5.74, 6) is 0.0849. The molecule has 0 atom stereocenters. The van der Waals surface area contributed by atoms with Crippen molar-refractivity contribution in [1.29, 1.82) is 0 Å². The van der Waals surface area contributed by atoms with Crippen LogP contribution < -0.4 is 0 Å². The largest absolute Gasteiger partial charge is 0.480 e. The number of carboxylic acid groups (broad SMARTS) is 1. The van der Waals surface area contributed by atoms with E-state index in [4.69, 9.17) is 14.4 Å². The summed E-state index contributed by atoms with van der Waals surface area (Å²) in [5, 5.41) is 17.7. The molecule has 0 radical (unpaired) electrons. The van der Waals surface area contributed by atoms with Crippen molar-refractivity contribution < 1.29 is 19.2 Å². The molecule has 3 aromatic rings. The maximum atomic E-state index is 10.8. The molecule has 1 aliphatic rings. The third kappa shape index (κ3) is 5.05. The van der Waals surface area contributed by atoms with Crippen LogP contribution in [0.15, 0.2) is 35.0 Å². The Kier molecular flexibility index (Phi) is 6.96. The lowest BCUT2D eigenvalue weighted by atomic mass is 9.95. The van der Waals surface area contributed by atoms with Gasteiger partial charge in [-0.15, -0.1) is 0 Å². The molecule has 2 aromatic heterocycles. The van der Waals surface area contributed by atoms with Gasteiger partial charge in [0.1, 0.15) is 0 Å². The summed E-state index contributed by atoms with van der Waals surface area (Å²) < 4.78 is 13.1. The van der Waals surface area contributed by atoms with Gasteiger partial charge in [0.05, 0.1) is 36.6 Å².